The first-order valence-electron chi connectivity index (χ1n) is 9.38. The largest absolute Gasteiger partial charge is 0.341 e. The Labute approximate surface area is 149 Å². The third kappa shape index (κ3) is 3.34. The molecule has 0 spiro atoms. The highest BCUT2D eigenvalue weighted by molar-refractivity contribution is 5.79. The van der Waals surface area contributed by atoms with Crippen molar-refractivity contribution >= 4 is 5.91 Å². The minimum atomic E-state index is 0.231. The van der Waals surface area contributed by atoms with Gasteiger partial charge in [-0.1, -0.05) is 48.5 Å². The fourth-order valence-electron chi connectivity index (χ4n) is 4.41. The molecule has 2 aromatic carbocycles. The van der Waals surface area contributed by atoms with Gasteiger partial charge in [-0.15, -0.1) is 0 Å². The molecule has 1 saturated heterocycles. The van der Waals surface area contributed by atoms with Crippen molar-refractivity contribution in [2.75, 3.05) is 19.6 Å². The molecule has 2 aliphatic rings. The van der Waals surface area contributed by atoms with E-state index in [1.165, 1.54) is 29.5 Å². The molecule has 0 aromatic heterocycles. The normalized spacial score (nSPS) is 22.2. The quantitative estimate of drug-likeness (QED) is 0.934. The molecule has 2 aromatic rings. The first-order chi connectivity index (χ1) is 12.2. The van der Waals surface area contributed by atoms with Crippen molar-refractivity contribution in [1.29, 1.82) is 0 Å². The Morgan fingerprint density at radius 1 is 1.04 bits per heavy atom. The highest BCUT2D eigenvalue weighted by atomic mass is 16.2. The maximum Gasteiger partial charge on any atom is 0.227 e. The number of rotatable bonds is 4. The third-order valence-electron chi connectivity index (χ3n) is 5.84. The summed E-state index contributed by atoms with van der Waals surface area (Å²) >= 11 is 0. The van der Waals surface area contributed by atoms with Crippen molar-refractivity contribution in [2.45, 2.75) is 31.6 Å². The van der Waals surface area contributed by atoms with E-state index in [0.717, 1.165) is 25.1 Å². The molecule has 3 nitrogen and oxygen atoms in total. The van der Waals surface area contributed by atoms with Crippen LogP contribution in [0.5, 0.6) is 0 Å². The van der Waals surface area contributed by atoms with E-state index in [4.69, 9.17) is 5.73 Å². The summed E-state index contributed by atoms with van der Waals surface area (Å²) in [5.74, 6) is 0.941. The minimum absolute atomic E-state index is 0.231. The molecule has 1 fully saturated rings. The van der Waals surface area contributed by atoms with Gasteiger partial charge in [0.05, 0.1) is 6.42 Å². The molecule has 2 N–H and O–H groups in total. The fourth-order valence-corrected chi connectivity index (χ4v) is 4.41. The number of hydrogen-bond acceptors (Lipinski definition) is 2. The van der Waals surface area contributed by atoms with Gasteiger partial charge in [-0.25, -0.2) is 0 Å². The topological polar surface area (TPSA) is 46.3 Å². The highest BCUT2D eigenvalue weighted by Crippen LogP contribution is 2.32. The average Bonchev–Trinajstić information content (AvgIpc) is 3.28. The monoisotopic (exact) mass is 334 g/mol. The van der Waals surface area contributed by atoms with Crippen LogP contribution in [-0.2, 0) is 24.1 Å². The molecule has 1 aliphatic carbocycles. The Kier molecular flexibility index (Phi) is 4.58. The molecule has 1 heterocycles. The summed E-state index contributed by atoms with van der Waals surface area (Å²) in [6.45, 7) is 2.19. The summed E-state index contributed by atoms with van der Waals surface area (Å²) in [4.78, 5) is 14.9. The number of amides is 1. The molecule has 0 saturated carbocycles. The Morgan fingerprint density at radius 3 is 2.64 bits per heavy atom. The zero-order valence-electron chi connectivity index (χ0n) is 14.7. The van der Waals surface area contributed by atoms with E-state index in [1.807, 2.05) is 11.0 Å². The lowest BCUT2D eigenvalue weighted by Gasteiger charge is -2.17. The number of carbonyl (C=O) groups is 1. The van der Waals surface area contributed by atoms with Crippen molar-refractivity contribution in [3.8, 4) is 0 Å². The van der Waals surface area contributed by atoms with Crippen LogP contribution in [0, 0.1) is 5.92 Å². The number of carbonyl (C=O) groups excluding carboxylic acids is 1. The Bertz CT molecular complexity index is 756. The Balaban J connectivity index is 1.46. The van der Waals surface area contributed by atoms with E-state index in [9.17, 15) is 4.79 Å². The Morgan fingerprint density at radius 2 is 1.84 bits per heavy atom. The number of nitrogens with two attached hydrogens (primary N) is 1. The predicted molar refractivity (Wildman–Crippen MR) is 100 cm³/mol. The summed E-state index contributed by atoms with van der Waals surface area (Å²) in [6, 6.07) is 17.1. The number of fused-ring (bicyclic) bond motifs is 1. The summed E-state index contributed by atoms with van der Waals surface area (Å²) < 4.78 is 0. The van der Waals surface area contributed by atoms with Crippen molar-refractivity contribution in [3.05, 3.63) is 70.8 Å². The van der Waals surface area contributed by atoms with Crippen molar-refractivity contribution < 1.29 is 4.79 Å². The first kappa shape index (κ1) is 16.3. The van der Waals surface area contributed by atoms with Crippen molar-refractivity contribution in [2.24, 2.45) is 11.7 Å². The second-order valence-electron chi connectivity index (χ2n) is 7.45. The van der Waals surface area contributed by atoms with Gasteiger partial charge in [0, 0.05) is 19.0 Å². The highest BCUT2D eigenvalue weighted by Gasteiger charge is 2.35. The zero-order chi connectivity index (χ0) is 17.2. The van der Waals surface area contributed by atoms with Crippen LogP contribution in [0.3, 0.4) is 0 Å². The van der Waals surface area contributed by atoms with Gasteiger partial charge in [-0.05, 0) is 54.0 Å². The van der Waals surface area contributed by atoms with Crippen LogP contribution in [-0.4, -0.2) is 30.4 Å². The molecule has 1 amide bonds. The van der Waals surface area contributed by atoms with Gasteiger partial charge in [-0.3, -0.25) is 4.79 Å². The molecule has 0 radical (unpaired) electrons. The molecule has 2 atom stereocenters. The minimum Gasteiger partial charge on any atom is -0.341 e. The van der Waals surface area contributed by atoms with Gasteiger partial charge in [0.25, 0.3) is 0 Å². The fraction of sp³-hybridized carbons (Fsp3) is 0.409. The van der Waals surface area contributed by atoms with Crippen LogP contribution >= 0.6 is 0 Å². The predicted octanol–water partition coefficient (Wildman–Crippen LogP) is 2.92. The third-order valence-corrected chi connectivity index (χ3v) is 5.84. The van der Waals surface area contributed by atoms with Crippen LogP contribution in [0.1, 0.15) is 34.6 Å². The van der Waals surface area contributed by atoms with E-state index in [-0.39, 0.29) is 5.91 Å². The molecule has 25 heavy (non-hydrogen) atoms. The van der Waals surface area contributed by atoms with Gasteiger partial charge in [0.15, 0.2) is 0 Å². The van der Waals surface area contributed by atoms with Crippen molar-refractivity contribution in [3.63, 3.8) is 0 Å². The van der Waals surface area contributed by atoms with Crippen LogP contribution in [0.2, 0.25) is 0 Å². The lowest BCUT2D eigenvalue weighted by molar-refractivity contribution is -0.129. The van der Waals surface area contributed by atoms with Crippen LogP contribution in [0.25, 0.3) is 0 Å². The van der Waals surface area contributed by atoms with E-state index in [2.05, 4.69) is 42.5 Å². The van der Waals surface area contributed by atoms with Gasteiger partial charge in [0.2, 0.25) is 5.91 Å². The SMILES string of the molecule is NC[C@@H]1CN(C(=O)Cc2ccc3c(c2)CCC3)C[C@H]1c1ccccc1. The summed E-state index contributed by atoms with van der Waals surface area (Å²) in [7, 11) is 0. The second kappa shape index (κ2) is 7.01. The van der Waals surface area contributed by atoms with Gasteiger partial charge in [-0.2, -0.15) is 0 Å². The zero-order valence-corrected chi connectivity index (χ0v) is 14.7. The standard InChI is InChI=1S/C22H26N2O/c23-13-20-14-24(15-21(20)18-5-2-1-3-6-18)22(25)12-16-9-10-17-7-4-8-19(17)11-16/h1-3,5-6,9-11,20-21H,4,7-8,12-15,23H2/t20-,21+/m1/s1. The number of hydrogen-bond donors (Lipinski definition) is 1. The molecule has 3 heteroatoms. The lowest BCUT2D eigenvalue weighted by atomic mass is 9.89. The molecule has 130 valence electrons. The smallest absolute Gasteiger partial charge is 0.227 e. The summed E-state index contributed by atoms with van der Waals surface area (Å²) in [6.07, 6.45) is 4.10. The molecular weight excluding hydrogens is 308 g/mol. The van der Waals surface area contributed by atoms with Crippen LogP contribution in [0.4, 0.5) is 0 Å². The molecule has 0 unspecified atom stereocenters. The molecule has 1 aliphatic heterocycles. The number of nitrogens with zero attached hydrogens (tertiary/aromatic N) is 1. The number of likely N-dealkylation sites (tertiary alicyclic amines) is 1. The molecule has 0 bridgehead atoms. The summed E-state index contributed by atoms with van der Waals surface area (Å²) in [5.41, 5.74) is 11.3. The van der Waals surface area contributed by atoms with E-state index >= 15 is 0 Å². The number of benzene rings is 2. The molecule has 4 rings (SSSR count). The Hall–Kier alpha value is -2.13. The maximum absolute atomic E-state index is 12.8. The van der Waals surface area contributed by atoms with E-state index in [0.29, 0.717) is 24.8 Å². The number of aryl methyl sites for hydroxylation is 2. The van der Waals surface area contributed by atoms with Gasteiger partial charge in [0.1, 0.15) is 0 Å². The summed E-state index contributed by atoms with van der Waals surface area (Å²) in [5, 5.41) is 0. The van der Waals surface area contributed by atoms with Crippen LogP contribution < -0.4 is 5.73 Å². The lowest BCUT2D eigenvalue weighted by Crippen LogP contribution is -2.31. The van der Waals surface area contributed by atoms with Crippen LogP contribution in [0.15, 0.2) is 48.5 Å². The van der Waals surface area contributed by atoms with Gasteiger partial charge < -0.3 is 10.6 Å². The van der Waals surface area contributed by atoms with Gasteiger partial charge >= 0.3 is 0 Å². The van der Waals surface area contributed by atoms with E-state index in [1.54, 1.807) is 0 Å². The second-order valence-corrected chi connectivity index (χ2v) is 7.45. The first-order valence-corrected chi connectivity index (χ1v) is 9.38. The van der Waals surface area contributed by atoms with Crippen molar-refractivity contribution in [1.82, 2.24) is 4.90 Å². The molecular formula is C22H26N2O. The average molecular weight is 334 g/mol. The van der Waals surface area contributed by atoms with E-state index < -0.39 is 0 Å². The maximum atomic E-state index is 12.8.